The van der Waals surface area contributed by atoms with Gasteiger partial charge < -0.3 is 18.9 Å². The normalized spacial score (nSPS) is 12.8. The number of para-hydroxylation sites is 2. The molecule has 0 fully saturated rings. The van der Waals surface area contributed by atoms with Gasteiger partial charge in [0.2, 0.25) is 0 Å². The van der Waals surface area contributed by atoms with E-state index in [0.717, 1.165) is 101 Å². The number of nitrogens with zero attached hydrogens (tertiary/aromatic N) is 4. The molecule has 5 heteroatoms. The summed E-state index contributed by atoms with van der Waals surface area (Å²) >= 11 is 0. The average Bonchev–Trinajstić information content (AvgIpc) is 1.67. The van der Waals surface area contributed by atoms with Gasteiger partial charge in [-0.15, -0.1) is 0 Å². The Morgan fingerprint density at radius 3 is 0.919 bits per heavy atom. The topological polar surface area (TPSA) is 16.3 Å². The maximum atomic E-state index is 2.72. The number of rotatable bonds is 8. The van der Waals surface area contributed by atoms with Gasteiger partial charge in [0.25, 0.3) is 6.71 Å². The maximum Gasteiger partial charge on any atom is 0.252 e. The van der Waals surface area contributed by atoms with Gasteiger partial charge in [0.1, 0.15) is 0 Å². The molecule has 19 aromatic carbocycles. The Morgan fingerprint density at radius 1 is 0.243 bits per heavy atom. The highest BCUT2D eigenvalue weighted by atomic mass is 15.2. The summed E-state index contributed by atoms with van der Waals surface area (Å²) in [5.41, 5.74) is 27.3. The Hall–Kier alpha value is -14.0. The highest BCUT2D eigenvalue weighted by Crippen LogP contribution is 2.56. The van der Waals surface area contributed by atoms with E-state index in [4.69, 9.17) is 0 Å². The summed E-state index contributed by atoms with van der Waals surface area (Å²) in [7, 11) is 0. The summed E-state index contributed by atoms with van der Waals surface area (Å²) in [5.74, 6) is 0. The van der Waals surface area contributed by atoms with Crippen LogP contribution in [0.5, 0.6) is 0 Å². The van der Waals surface area contributed by atoms with Crippen molar-refractivity contribution in [3.05, 3.63) is 382 Å². The highest BCUT2D eigenvalue weighted by molar-refractivity contribution is 7.00. The van der Waals surface area contributed by atoms with E-state index in [1.165, 1.54) is 119 Å². The molecule has 0 aliphatic carbocycles. The highest BCUT2D eigenvalue weighted by Gasteiger charge is 2.46. The van der Waals surface area contributed by atoms with Crippen LogP contribution >= 0.6 is 0 Å². The van der Waals surface area contributed by atoms with Crippen LogP contribution in [0.1, 0.15) is 26.3 Å². The lowest BCUT2D eigenvalue weighted by Gasteiger charge is -2.46. The molecule has 2 aliphatic rings. The summed E-state index contributed by atoms with van der Waals surface area (Å²) < 4.78 is 5.24. The minimum atomic E-state index is -0.351. The molecule has 21 aromatic rings. The summed E-state index contributed by atoms with van der Waals surface area (Å²) in [5, 5.41) is 19.8. The SMILES string of the molecule is CC(C)(C)c1cc2c3c(c1)N(c1c(-c4ccccc4)cccc1-c1ccccc1)c1cc(-n4c5ccc6ccccc6c5c5c6ccccc6c6ccccc6c54)ccc1B3c1ccc(-n3c4ccc5ccccc5c4c4c5ccccc5c5ccccc5c43)cc1N2c1c(-c2ccccc2)cccc1-c1ccccc1. The van der Waals surface area contributed by atoms with E-state index in [9.17, 15) is 0 Å². The summed E-state index contributed by atoms with van der Waals surface area (Å²) in [6.45, 7) is 6.92. The number of fused-ring (bicyclic) bond motifs is 24. The third-order valence-corrected chi connectivity index (χ3v) is 24.3. The molecule has 518 valence electrons. The van der Waals surface area contributed by atoms with Crippen LogP contribution in [0.2, 0.25) is 0 Å². The monoisotopic (exact) mass is 1410 g/mol. The van der Waals surface area contributed by atoms with E-state index in [-0.39, 0.29) is 12.1 Å². The van der Waals surface area contributed by atoms with Gasteiger partial charge in [0, 0.05) is 88.7 Å². The van der Waals surface area contributed by atoms with E-state index < -0.39 is 0 Å². The lowest BCUT2D eigenvalue weighted by molar-refractivity contribution is 0.590. The molecule has 0 bridgehead atoms. The quantitative estimate of drug-likeness (QED) is 0.111. The van der Waals surface area contributed by atoms with Gasteiger partial charge >= 0.3 is 0 Å². The third kappa shape index (κ3) is 9.30. The Kier molecular flexibility index (Phi) is 13.8. The molecule has 4 heterocycles. The molecule has 0 saturated carbocycles. The number of anilines is 6. The fraction of sp³-hybridized carbons (Fsp3) is 0.0377. The van der Waals surface area contributed by atoms with E-state index in [1.807, 2.05) is 0 Å². The van der Waals surface area contributed by atoms with Crippen LogP contribution in [0, 0.1) is 0 Å². The van der Waals surface area contributed by atoms with Gasteiger partial charge in [0.15, 0.2) is 0 Å². The Balaban J connectivity index is 0.901. The van der Waals surface area contributed by atoms with Crippen LogP contribution in [0.15, 0.2) is 376 Å². The lowest BCUT2D eigenvalue weighted by atomic mass is 9.33. The van der Waals surface area contributed by atoms with Crippen molar-refractivity contribution in [3.63, 3.8) is 0 Å². The second-order valence-electron chi connectivity index (χ2n) is 31.3. The average molecular weight is 1410 g/mol. The van der Waals surface area contributed by atoms with Crippen molar-refractivity contribution in [2.24, 2.45) is 0 Å². The predicted molar refractivity (Wildman–Crippen MR) is 475 cm³/mol. The first-order valence-corrected chi connectivity index (χ1v) is 38.8. The number of hydrogen-bond donors (Lipinski definition) is 0. The van der Waals surface area contributed by atoms with Crippen molar-refractivity contribution >= 4 is 165 Å². The fourth-order valence-electron chi connectivity index (χ4n) is 19.5. The van der Waals surface area contributed by atoms with Gasteiger partial charge in [0.05, 0.1) is 33.4 Å². The third-order valence-electron chi connectivity index (χ3n) is 24.3. The van der Waals surface area contributed by atoms with Crippen LogP contribution in [0.25, 0.3) is 164 Å². The van der Waals surface area contributed by atoms with Gasteiger partial charge in [-0.25, -0.2) is 0 Å². The van der Waals surface area contributed by atoms with Gasteiger partial charge in [-0.2, -0.15) is 0 Å². The molecule has 0 unspecified atom stereocenters. The van der Waals surface area contributed by atoms with Crippen LogP contribution in [0.3, 0.4) is 0 Å². The first-order valence-electron chi connectivity index (χ1n) is 38.8. The Labute approximate surface area is 643 Å². The molecule has 0 spiro atoms. The molecule has 0 amide bonds. The molecular weight excluding hydrogens is 1340 g/mol. The van der Waals surface area contributed by atoms with Crippen LogP contribution in [0.4, 0.5) is 34.1 Å². The molecule has 4 nitrogen and oxygen atoms in total. The largest absolute Gasteiger partial charge is 0.310 e. The van der Waals surface area contributed by atoms with Crippen molar-refractivity contribution in [3.8, 4) is 55.9 Å². The Bertz CT molecular complexity index is 6940. The molecular formula is C106H71BN4. The number of hydrogen-bond acceptors (Lipinski definition) is 2. The summed E-state index contributed by atoms with van der Waals surface area (Å²) in [6.07, 6.45) is 0. The van der Waals surface area contributed by atoms with Crippen molar-refractivity contribution in [1.82, 2.24) is 9.13 Å². The summed E-state index contributed by atoms with van der Waals surface area (Å²) in [6, 6.07) is 143. The Morgan fingerprint density at radius 2 is 0.559 bits per heavy atom. The standard InChI is InChI=1S/C106H71BN4/c1-106(2,3)72-62-95-101-96(63-72)111(103-79(68-34-12-6-13-35-68)52-29-53-80(103)69-36-14-7-15-37-69)94-65-74(109-92-61-55-71-39-17-19-41-76(71)98(92)100-86-47-25-21-43-82(86)84-45-23-27-49-88(84)105(100)109)57-59-90(94)107(101)89-58-56-73(64-93(89)110(95)102-77(66-30-8-4-9-31-66)50-28-51-78(102)67-32-10-5-11-33-67)108-91-60-54-70-38-16-18-40-75(70)97(91)99-85-46-24-20-42-81(85)83-44-22-26-48-87(83)104(99)108/h4-65H,1-3H3. The first kappa shape index (κ1) is 63.1. The van der Waals surface area contributed by atoms with Gasteiger partial charge in [-0.3, -0.25) is 0 Å². The van der Waals surface area contributed by atoms with Gasteiger partial charge in [-0.1, -0.05) is 348 Å². The molecule has 2 aliphatic heterocycles. The zero-order chi connectivity index (χ0) is 73.3. The maximum absolute atomic E-state index is 2.72. The minimum absolute atomic E-state index is 0.281. The van der Waals surface area contributed by atoms with Crippen LogP contribution in [-0.4, -0.2) is 15.8 Å². The molecule has 23 rings (SSSR count). The second kappa shape index (κ2) is 24.3. The predicted octanol–water partition coefficient (Wildman–Crippen LogP) is 26.8. The fourth-order valence-corrected chi connectivity index (χ4v) is 19.5. The molecule has 0 atom stereocenters. The van der Waals surface area contributed by atoms with Crippen LogP contribution in [-0.2, 0) is 5.41 Å². The first-order chi connectivity index (χ1) is 54.8. The van der Waals surface area contributed by atoms with Crippen molar-refractivity contribution in [1.29, 1.82) is 0 Å². The van der Waals surface area contributed by atoms with Crippen molar-refractivity contribution in [2.75, 3.05) is 9.80 Å². The second-order valence-corrected chi connectivity index (χ2v) is 31.3. The van der Waals surface area contributed by atoms with E-state index in [1.54, 1.807) is 0 Å². The number of aromatic nitrogens is 2. The van der Waals surface area contributed by atoms with Crippen molar-refractivity contribution in [2.45, 2.75) is 26.2 Å². The smallest absolute Gasteiger partial charge is 0.252 e. The zero-order valence-corrected chi connectivity index (χ0v) is 61.7. The molecule has 0 radical (unpaired) electrons. The molecule has 111 heavy (non-hydrogen) atoms. The lowest BCUT2D eigenvalue weighted by Crippen LogP contribution is -2.61. The molecule has 2 aromatic heterocycles. The van der Waals surface area contributed by atoms with E-state index >= 15 is 0 Å². The van der Waals surface area contributed by atoms with Crippen molar-refractivity contribution < 1.29 is 0 Å². The minimum Gasteiger partial charge on any atom is -0.310 e. The van der Waals surface area contributed by atoms with Crippen LogP contribution < -0.4 is 26.2 Å². The van der Waals surface area contributed by atoms with Gasteiger partial charge in [-0.05, 0) is 152 Å². The molecule has 0 N–H and O–H groups in total. The van der Waals surface area contributed by atoms with E-state index in [2.05, 4.69) is 416 Å². The number of benzene rings is 19. The summed E-state index contributed by atoms with van der Waals surface area (Å²) in [4.78, 5) is 5.45. The molecule has 0 saturated heterocycles. The van der Waals surface area contributed by atoms with E-state index in [0.29, 0.717) is 0 Å². The zero-order valence-electron chi connectivity index (χ0n) is 61.7.